The van der Waals surface area contributed by atoms with E-state index >= 15 is 0 Å². The van der Waals surface area contributed by atoms with Crippen molar-refractivity contribution in [2.24, 2.45) is 11.8 Å². The molecule has 1 nitrogen and oxygen atoms in total. The molecule has 0 N–H and O–H groups in total. The van der Waals surface area contributed by atoms with Crippen molar-refractivity contribution in [1.82, 2.24) is 0 Å². The van der Waals surface area contributed by atoms with Gasteiger partial charge in [0.25, 0.3) is 0 Å². The van der Waals surface area contributed by atoms with Gasteiger partial charge in [-0.2, -0.15) is 0 Å². The molecule has 0 heterocycles. The van der Waals surface area contributed by atoms with E-state index in [-0.39, 0.29) is 5.41 Å². The molecule has 272 valence electrons. The van der Waals surface area contributed by atoms with E-state index in [9.17, 15) is 0 Å². The summed E-state index contributed by atoms with van der Waals surface area (Å²) in [5, 5.41) is 5.21. The van der Waals surface area contributed by atoms with Crippen LogP contribution in [-0.4, -0.2) is 0 Å². The van der Waals surface area contributed by atoms with Gasteiger partial charge >= 0.3 is 0 Å². The van der Waals surface area contributed by atoms with Gasteiger partial charge in [-0.3, -0.25) is 0 Å². The van der Waals surface area contributed by atoms with Crippen LogP contribution in [0.4, 0.5) is 17.1 Å². The van der Waals surface area contributed by atoms with Gasteiger partial charge < -0.3 is 4.90 Å². The summed E-state index contributed by atoms with van der Waals surface area (Å²) in [5.74, 6) is 3.21. The molecule has 3 saturated carbocycles. The van der Waals surface area contributed by atoms with Gasteiger partial charge in [-0.1, -0.05) is 143 Å². The third-order valence-corrected chi connectivity index (χ3v) is 14.5. The van der Waals surface area contributed by atoms with Crippen molar-refractivity contribution in [2.45, 2.75) is 88.9 Å². The topological polar surface area (TPSA) is 3.24 Å². The summed E-state index contributed by atoms with van der Waals surface area (Å²) in [5.41, 5.74) is 14.7. The number of hydrogen-bond donors (Lipinski definition) is 0. The van der Waals surface area contributed by atoms with Crippen molar-refractivity contribution < 1.29 is 0 Å². The monoisotopic (exact) mass is 713 g/mol. The van der Waals surface area contributed by atoms with Crippen LogP contribution in [0.5, 0.6) is 0 Å². The van der Waals surface area contributed by atoms with Gasteiger partial charge in [-0.25, -0.2) is 0 Å². The standard InChI is InChI=1S/C54H51N/c1-54(2)50-17-9-8-16-47(50)53-49(43-22-21-37-13-6-7-14-39(37)31-43)33-45(34-51(53)54)55(44-26-23-38(24-27-44)48-30-35-19-20-42(48)29-35)52-18-10-15-41-32-40(25-28-46(41)52)36-11-4-3-5-12-36/h6-10,13-18,21-28,31-36,42,48H,3-5,11-12,19-20,29-30H2,1-2H3. The first-order chi connectivity index (χ1) is 27.0. The Kier molecular flexibility index (Phi) is 7.84. The molecule has 1 heteroatoms. The largest absolute Gasteiger partial charge is 0.310 e. The molecule has 0 amide bonds. The lowest BCUT2D eigenvalue weighted by Crippen LogP contribution is -2.17. The maximum absolute atomic E-state index is 2.58. The minimum absolute atomic E-state index is 0.140. The van der Waals surface area contributed by atoms with E-state index in [0.29, 0.717) is 5.92 Å². The Balaban J connectivity index is 1.13. The third-order valence-electron chi connectivity index (χ3n) is 14.5. The highest BCUT2D eigenvalue weighted by molar-refractivity contribution is 6.02. The van der Waals surface area contributed by atoms with Crippen LogP contribution in [0.2, 0.25) is 0 Å². The summed E-state index contributed by atoms with van der Waals surface area (Å²) < 4.78 is 0. The molecule has 7 aromatic carbocycles. The first-order valence-electron chi connectivity index (χ1n) is 21.2. The predicted octanol–water partition coefficient (Wildman–Crippen LogP) is 15.4. The molecular weight excluding hydrogens is 663 g/mol. The highest BCUT2D eigenvalue weighted by Crippen LogP contribution is 2.56. The van der Waals surface area contributed by atoms with Crippen LogP contribution in [0.15, 0.2) is 140 Å². The first-order valence-corrected chi connectivity index (χ1v) is 21.2. The molecule has 0 aliphatic heterocycles. The van der Waals surface area contributed by atoms with E-state index in [1.807, 2.05) is 0 Å². The minimum atomic E-state index is -0.140. The number of hydrogen-bond acceptors (Lipinski definition) is 1. The van der Waals surface area contributed by atoms with Crippen LogP contribution in [-0.2, 0) is 5.41 Å². The number of nitrogens with zero attached hydrogens (tertiary/aromatic N) is 1. The molecule has 3 unspecified atom stereocenters. The molecule has 7 aromatic rings. The Morgan fingerprint density at radius 2 is 1.31 bits per heavy atom. The van der Waals surface area contributed by atoms with Crippen LogP contribution in [0, 0.1) is 11.8 Å². The Bertz CT molecular complexity index is 2580. The summed E-state index contributed by atoms with van der Waals surface area (Å²) in [6.45, 7) is 4.84. The van der Waals surface area contributed by atoms with E-state index in [4.69, 9.17) is 0 Å². The zero-order valence-electron chi connectivity index (χ0n) is 32.4. The second-order valence-corrected chi connectivity index (χ2v) is 17.9. The molecule has 4 aliphatic carbocycles. The van der Waals surface area contributed by atoms with Crippen molar-refractivity contribution in [1.29, 1.82) is 0 Å². The highest BCUT2D eigenvalue weighted by Gasteiger charge is 2.40. The highest BCUT2D eigenvalue weighted by atomic mass is 15.1. The quantitative estimate of drug-likeness (QED) is 0.166. The van der Waals surface area contributed by atoms with Gasteiger partial charge in [0.15, 0.2) is 0 Å². The van der Waals surface area contributed by atoms with Gasteiger partial charge in [0.2, 0.25) is 0 Å². The van der Waals surface area contributed by atoms with E-state index in [1.165, 1.54) is 141 Å². The van der Waals surface area contributed by atoms with Crippen molar-refractivity contribution >= 4 is 38.6 Å². The molecule has 11 rings (SSSR count). The predicted molar refractivity (Wildman–Crippen MR) is 233 cm³/mol. The summed E-state index contributed by atoms with van der Waals surface area (Å²) in [7, 11) is 0. The van der Waals surface area contributed by atoms with Crippen molar-refractivity contribution in [3.05, 3.63) is 162 Å². The van der Waals surface area contributed by atoms with Crippen LogP contribution in [0.3, 0.4) is 0 Å². The van der Waals surface area contributed by atoms with Gasteiger partial charge in [-0.05, 0) is 153 Å². The van der Waals surface area contributed by atoms with Crippen LogP contribution in [0.25, 0.3) is 43.8 Å². The lowest BCUT2D eigenvalue weighted by atomic mass is 9.81. The normalized spacial score (nSPS) is 21.2. The van der Waals surface area contributed by atoms with Crippen LogP contribution < -0.4 is 4.90 Å². The fourth-order valence-electron chi connectivity index (χ4n) is 11.6. The maximum atomic E-state index is 2.58. The van der Waals surface area contributed by atoms with Crippen LogP contribution >= 0.6 is 0 Å². The van der Waals surface area contributed by atoms with Crippen molar-refractivity contribution in [3.63, 3.8) is 0 Å². The molecule has 4 aliphatic rings. The Morgan fingerprint density at radius 3 is 2.13 bits per heavy atom. The summed E-state index contributed by atoms with van der Waals surface area (Å²) in [6, 6.07) is 54.1. The average molecular weight is 714 g/mol. The summed E-state index contributed by atoms with van der Waals surface area (Å²) in [4.78, 5) is 2.58. The van der Waals surface area contributed by atoms with Crippen molar-refractivity contribution in [2.75, 3.05) is 4.90 Å². The second-order valence-electron chi connectivity index (χ2n) is 17.9. The summed E-state index contributed by atoms with van der Waals surface area (Å²) >= 11 is 0. The van der Waals surface area contributed by atoms with Gasteiger partial charge in [-0.15, -0.1) is 0 Å². The maximum Gasteiger partial charge on any atom is 0.0540 e. The van der Waals surface area contributed by atoms with Gasteiger partial charge in [0.05, 0.1) is 5.69 Å². The smallest absolute Gasteiger partial charge is 0.0540 e. The summed E-state index contributed by atoms with van der Waals surface area (Å²) in [6.07, 6.45) is 12.4. The molecule has 0 spiro atoms. The lowest BCUT2D eigenvalue weighted by molar-refractivity contribution is 0.420. The number of anilines is 3. The van der Waals surface area contributed by atoms with Crippen molar-refractivity contribution in [3.8, 4) is 22.3 Å². The molecular formula is C54H51N. The zero-order valence-corrected chi connectivity index (χ0v) is 32.4. The fourth-order valence-corrected chi connectivity index (χ4v) is 11.6. The number of fused-ring (bicyclic) bond motifs is 7. The van der Waals surface area contributed by atoms with E-state index in [0.717, 1.165) is 17.8 Å². The number of benzene rings is 7. The molecule has 0 aromatic heterocycles. The average Bonchev–Trinajstić information content (AvgIpc) is 3.94. The molecule has 55 heavy (non-hydrogen) atoms. The van der Waals surface area contributed by atoms with E-state index < -0.39 is 0 Å². The fraction of sp³-hybridized carbons (Fsp3) is 0.296. The van der Waals surface area contributed by atoms with Gasteiger partial charge in [0, 0.05) is 22.2 Å². The van der Waals surface area contributed by atoms with Crippen LogP contribution in [0.1, 0.15) is 106 Å². The Labute approximate surface area is 327 Å². The molecule has 2 bridgehead atoms. The Hall–Kier alpha value is -5.14. The first kappa shape index (κ1) is 33.2. The van der Waals surface area contributed by atoms with Gasteiger partial charge in [0.1, 0.15) is 0 Å². The SMILES string of the molecule is CC1(C)c2ccccc2-c2c(-c3ccc4ccccc4c3)cc(N(c3ccc(C4CC5CCC4C5)cc3)c3cccc4cc(C5CCCCC5)ccc34)cc21. The third kappa shape index (κ3) is 5.48. The lowest BCUT2D eigenvalue weighted by Gasteiger charge is -2.31. The minimum Gasteiger partial charge on any atom is -0.310 e. The molecule has 3 atom stereocenters. The second kappa shape index (κ2) is 13.0. The Morgan fingerprint density at radius 1 is 0.527 bits per heavy atom. The molecule has 0 saturated heterocycles. The molecule has 0 radical (unpaired) electrons. The number of rotatable bonds is 6. The van der Waals surface area contributed by atoms with E-state index in [2.05, 4.69) is 158 Å². The molecule has 3 fully saturated rings. The van der Waals surface area contributed by atoms with E-state index in [1.54, 1.807) is 0 Å². The zero-order chi connectivity index (χ0) is 36.7.